The molecule has 0 saturated heterocycles. The molecular weight excluding hydrogens is 388 g/mol. The normalized spacial score (nSPS) is 10.9. The smallest absolute Gasteiger partial charge is 0.282 e. The number of nitrogens with zero attached hydrogens (tertiary/aromatic N) is 3. The zero-order valence-corrected chi connectivity index (χ0v) is 16.9. The van der Waals surface area contributed by atoms with E-state index in [2.05, 4.69) is 26.6 Å². The van der Waals surface area contributed by atoms with Crippen LogP contribution in [0.1, 0.15) is 25.9 Å². The Morgan fingerprint density at radius 3 is 2.71 bits per heavy atom. The fraction of sp³-hybridized carbons (Fsp3) is 0.143. The van der Waals surface area contributed by atoms with Crippen molar-refractivity contribution < 1.29 is 4.79 Å². The number of carbonyl (C=O) groups excluding carboxylic acids is 1. The molecule has 5 nitrogen and oxygen atoms in total. The lowest BCUT2D eigenvalue weighted by atomic mass is 10.1. The van der Waals surface area contributed by atoms with Gasteiger partial charge in [-0.1, -0.05) is 77.2 Å². The van der Waals surface area contributed by atoms with Crippen molar-refractivity contribution in [3.63, 3.8) is 0 Å². The van der Waals surface area contributed by atoms with Gasteiger partial charge in [0, 0.05) is 11.9 Å². The molecule has 0 bridgehead atoms. The number of aromatic nitrogens is 3. The number of benzene rings is 2. The predicted octanol–water partition coefficient (Wildman–Crippen LogP) is 4.62. The second kappa shape index (κ2) is 8.50. The molecule has 0 spiro atoms. The lowest BCUT2D eigenvalue weighted by molar-refractivity contribution is 0.0950. The summed E-state index contributed by atoms with van der Waals surface area (Å²) < 4.78 is 0. The maximum atomic E-state index is 12.3. The minimum atomic E-state index is -0.196. The Labute approximate surface area is 171 Å². The molecule has 0 unspecified atom stereocenters. The molecule has 4 aromatic rings. The third-order valence-electron chi connectivity index (χ3n) is 4.15. The van der Waals surface area contributed by atoms with Gasteiger partial charge in [0.25, 0.3) is 5.91 Å². The average Bonchev–Trinajstić information content (AvgIpc) is 3.21. The molecule has 2 heterocycles. The molecule has 0 atom stereocenters. The highest BCUT2D eigenvalue weighted by Gasteiger charge is 2.13. The molecule has 0 aliphatic rings. The van der Waals surface area contributed by atoms with Crippen LogP contribution in [0.4, 0.5) is 0 Å². The Balaban J connectivity index is 1.34. The Morgan fingerprint density at radius 2 is 1.86 bits per heavy atom. The van der Waals surface area contributed by atoms with Gasteiger partial charge in [0.1, 0.15) is 5.01 Å². The molecule has 2 aromatic heterocycles. The first-order valence-corrected chi connectivity index (χ1v) is 10.6. The van der Waals surface area contributed by atoms with Crippen LogP contribution in [-0.4, -0.2) is 21.1 Å². The number of hydrogen-bond acceptors (Lipinski definition) is 6. The van der Waals surface area contributed by atoms with Crippen LogP contribution in [0.25, 0.3) is 10.9 Å². The summed E-state index contributed by atoms with van der Waals surface area (Å²) in [6.07, 6.45) is 0. The molecule has 7 heteroatoms. The minimum absolute atomic E-state index is 0.196. The average molecular weight is 407 g/mol. The van der Waals surface area contributed by atoms with Crippen molar-refractivity contribution in [1.82, 2.24) is 20.5 Å². The first-order chi connectivity index (χ1) is 13.7. The summed E-state index contributed by atoms with van der Waals surface area (Å²) in [7, 11) is 0. The van der Waals surface area contributed by atoms with E-state index in [0.29, 0.717) is 17.3 Å². The molecule has 1 amide bonds. The Bertz CT molecular complexity index is 1110. The lowest BCUT2D eigenvalue weighted by Gasteiger charge is -2.03. The molecule has 140 valence electrons. The number of carbonyl (C=O) groups is 1. The summed E-state index contributed by atoms with van der Waals surface area (Å²) >= 11 is 2.91. The van der Waals surface area contributed by atoms with Gasteiger partial charge >= 0.3 is 0 Å². The number of amides is 1. The Morgan fingerprint density at radius 1 is 1.04 bits per heavy atom. The van der Waals surface area contributed by atoms with Crippen molar-refractivity contribution in [2.24, 2.45) is 0 Å². The third kappa shape index (κ3) is 4.55. The highest BCUT2D eigenvalue weighted by atomic mass is 32.2. The van der Waals surface area contributed by atoms with E-state index >= 15 is 0 Å². The maximum Gasteiger partial charge on any atom is 0.282 e. The molecule has 0 aliphatic carbocycles. The number of pyridine rings is 1. The van der Waals surface area contributed by atoms with Gasteiger partial charge < -0.3 is 5.32 Å². The predicted molar refractivity (Wildman–Crippen MR) is 114 cm³/mol. The van der Waals surface area contributed by atoms with Crippen LogP contribution in [0.3, 0.4) is 0 Å². The second-order valence-electron chi connectivity index (χ2n) is 6.30. The zero-order valence-electron chi connectivity index (χ0n) is 15.3. The molecule has 0 fully saturated rings. The van der Waals surface area contributed by atoms with E-state index in [1.165, 1.54) is 16.9 Å². The summed E-state index contributed by atoms with van der Waals surface area (Å²) in [5.74, 6) is 0.437. The van der Waals surface area contributed by atoms with Crippen LogP contribution >= 0.6 is 23.1 Å². The number of hydrogen-bond donors (Lipinski definition) is 1. The molecule has 2 aromatic carbocycles. The van der Waals surface area contributed by atoms with Crippen molar-refractivity contribution in [1.29, 1.82) is 0 Å². The molecule has 0 radical (unpaired) electrons. The standard InChI is InChI=1S/C21H18N4OS2/c1-14-6-8-15(9-7-14)12-22-20(26)21-25-24-19(28-21)13-27-18-11-10-16-4-2-3-5-17(16)23-18/h2-11H,12-13H2,1H3,(H,22,26). The van der Waals surface area contributed by atoms with E-state index in [9.17, 15) is 4.79 Å². The third-order valence-corrected chi connectivity index (χ3v) is 6.20. The van der Waals surface area contributed by atoms with E-state index in [0.717, 1.165) is 26.5 Å². The molecule has 4 rings (SSSR count). The number of para-hydroxylation sites is 1. The summed E-state index contributed by atoms with van der Waals surface area (Å²) in [4.78, 5) is 16.9. The van der Waals surface area contributed by atoms with Crippen molar-refractivity contribution in [2.75, 3.05) is 0 Å². The van der Waals surface area contributed by atoms with E-state index in [-0.39, 0.29) is 5.91 Å². The first kappa shape index (κ1) is 18.6. The summed E-state index contributed by atoms with van der Waals surface area (Å²) in [5.41, 5.74) is 3.23. The SMILES string of the molecule is Cc1ccc(CNC(=O)c2nnc(CSc3ccc4ccccc4n3)s2)cc1. The highest BCUT2D eigenvalue weighted by Crippen LogP contribution is 2.25. The first-order valence-electron chi connectivity index (χ1n) is 8.82. The Hall–Kier alpha value is -2.77. The largest absolute Gasteiger partial charge is 0.346 e. The number of rotatable bonds is 6. The summed E-state index contributed by atoms with van der Waals surface area (Å²) in [5, 5.41) is 14.3. The maximum absolute atomic E-state index is 12.3. The number of aryl methyl sites for hydroxylation is 1. The van der Waals surface area contributed by atoms with E-state index in [4.69, 9.17) is 0 Å². The van der Waals surface area contributed by atoms with Gasteiger partial charge in [-0.15, -0.1) is 10.2 Å². The number of fused-ring (bicyclic) bond motifs is 1. The quantitative estimate of drug-likeness (QED) is 0.473. The van der Waals surface area contributed by atoms with Crippen molar-refractivity contribution in [3.05, 3.63) is 81.8 Å². The van der Waals surface area contributed by atoms with Crippen LogP contribution in [0.5, 0.6) is 0 Å². The van der Waals surface area contributed by atoms with Gasteiger partial charge in [-0.2, -0.15) is 0 Å². The van der Waals surface area contributed by atoms with E-state index in [1.54, 1.807) is 11.8 Å². The van der Waals surface area contributed by atoms with Crippen molar-refractivity contribution >= 4 is 39.9 Å². The van der Waals surface area contributed by atoms with E-state index in [1.807, 2.05) is 61.5 Å². The van der Waals surface area contributed by atoms with Crippen LogP contribution < -0.4 is 5.32 Å². The van der Waals surface area contributed by atoms with Gasteiger partial charge in [0.05, 0.1) is 16.3 Å². The van der Waals surface area contributed by atoms with Crippen molar-refractivity contribution in [2.45, 2.75) is 24.2 Å². The minimum Gasteiger partial charge on any atom is -0.346 e. The second-order valence-corrected chi connectivity index (χ2v) is 8.36. The zero-order chi connectivity index (χ0) is 19.3. The number of thioether (sulfide) groups is 1. The molecule has 1 N–H and O–H groups in total. The van der Waals surface area contributed by atoms with Gasteiger partial charge in [-0.25, -0.2) is 4.98 Å². The van der Waals surface area contributed by atoms with Crippen molar-refractivity contribution in [3.8, 4) is 0 Å². The lowest BCUT2D eigenvalue weighted by Crippen LogP contribution is -2.22. The van der Waals surface area contributed by atoms with Crippen LogP contribution in [0.15, 0.2) is 65.7 Å². The van der Waals surface area contributed by atoms with Crippen LogP contribution in [0.2, 0.25) is 0 Å². The highest BCUT2D eigenvalue weighted by molar-refractivity contribution is 7.98. The van der Waals surface area contributed by atoms with Gasteiger partial charge in [-0.05, 0) is 24.6 Å². The molecule has 0 aliphatic heterocycles. The fourth-order valence-corrected chi connectivity index (χ4v) is 4.25. The van der Waals surface area contributed by atoms with E-state index < -0.39 is 0 Å². The Kier molecular flexibility index (Phi) is 5.64. The monoisotopic (exact) mass is 406 g/mol. The van der Waals surface area contributed by atoms with Crippen LogP contribution in [-0.2, 0) is 12.3 Å². The molecule has 28 heavy (non-hydrogen) atoms. The fourth-order valence-electron chi connectivity index (χ4n) is 2.63. The molecule has 0 saturated carbocycles. The topological polar surface area (TPSA) is 67.8 Å². The van der Waals surface area contributed by atoms with Crippen LogP contribution in [0, 0.1) is 6.92 Å². The van der Waals surface area contributed by atoms with Gasteiger partial charge in [-0.3, -0.25) is 4.79 Å². The molecular formula is C21H18N4OS2. The van der Waals surface area contributed by atoms with Gasteiger partial charge in [0.2, 0.25) is 5.01 Å². The summed E-state index contributed by atoms with van der Waals surface area (Å²) in [6.45, 7) is 2.51. The summed E-state index contributed by atoms with van der Waals surface area (Å²) in [6, 6.07) is 20.2. The number of nitrogens with one attached hydrogen (secondary N) is 1. The van der Waals surface area contributed by atoms with Gasteiger partial charge in [0.15, 0.2) is 0 Å².